The highest BCUT2D eigenvalue weighted by molar-refractivity contribution is 7.89. The van der Waals surface area contributed by atoms with Crippen molar-refractivity contribution in [2.24, 2.45) is 0 Å². The minimum absolute atomic E-state index is 0.142. The van der Waals surface area contributed by atoms with Gasteiger partial charge in [-0.1, -0.05) is 30.3 Å². The summed E-state index contributed by atoms with van der Waals surface area (Å²) in [4.78, 5) is 12.1. The van der Waals surface area contributed by atoms with E-state index in [-0.39, 0.29) is 11.0 Å². The van der Waals surface area contributed by atoms with E-state index in [0.717, 1.165) is 5.56 Å². The molecular formula is C20H23NO5S. The summed E-state index contributed by atoms with van der Waals surface area (Å²) in [6, 6.07) is 12.7. The van der Waals surface area contributed by atoms with Crippen molar-refractivity contribution in [2.45, 2.75) is 43.4 Å². The lowest BCUT2D eigenvalue weighted by Crippen LogP contribution is -2.46. The summed E-state index contributed by atoms with van der Waals surface area (Å²) in [5.41, 5.74) is 1.67. The zero-order chi connectivity index (χ0) is 19.8. The molecule has 1 aliphatic rings. The van der Waals surface area contributed by atoms with Crippen molar-refractivity contribution in [1.82, 2.24) is 4.31 Å². The summed E-state index contributed by atoms with van der Waals surface area (Å²) in [6.07, 6.45) is -0.807. The number of esters is 1. The third kappa shape index (κ3) is 3.76. The Bertz CT molecular complexity index is 937. The molecule has 0 amide bonds. The Morgan fingerprint density at radius 3 is 2.41 bits per heavy atom. The van der Waals surface area contributed by atoms with Crippen LogP contribution in [0.4, 0.5) is 0 Å². The maximum Gasteiger partial charge on any atom is 0.338 e. The normalized spacial score (nSPS) is 21.7. The molecule has 1 heterocycles. The first-order chi connectivity index (χ1) is 12.7. The molecule has 0 bridgehead atoms. The van der Waals surface area contributed by atoms with Crippen molar-refractivity contribution in [2.75, 3.05) is 7.05 Å². The summed E-state index contributed by atoms with van der Waals surface area (Å²) in [5.74, 6) is -0.400. The number of carbonyl (C=O) groups is 1. The first-order valence-corrected chi connectivity index (χ1v) is 10.2. The van der Waals surface area contributed by atoms with Crippen LogP contribution in [0.5, 0.6) is 0 Å². The standard InChI is InChI=1S/C20H23NO5S/c1-13(2)26-20(23)15-10-8-14(9-11-15)12-17-19(22)16-6-4-5-7-18(16)27(24,25)21(17)3/h4-11,13,17,19,22H,12H2,1-3H3/t17-,19-/m1/s1. The van der Waals surface area contributed by atoms with Gasteiger partial charge in [0.2, 0.25) is 10.0 Å². The molecule has 0 saturated heterocycles. The molecule has 0 fully saturated rings. The minimum atomic E-state index is -3.66. The summed E-state index contributed by atoms with van der Waals surface area (Å²) in [6.45, 7) is 3.57. The first kappa shape index (κ1) is 19.5. The van der Waals surface area contributed by atoms with E-state index in [2.05, 4.69) is 0 Å². The van der Waals surface area contributed by atoms with Crippen LogP contribution >= 0.6 is 0 Å². The number of likely N-dealkylation sites (N-methyl/N-ethyl adjacent to an activating group) is 1. The molecule has 0 radical (unpaired) electrons. The molecule has 0 aliphatic carbocycles. The van der Waals surface area contributed by atoms with Crippen molar-refractivity contribution < 1.29 is 23.1 Å². The van der Waals surface area contributed by atoms with Crippen LogP contribution in [0, 0.1) is 0 Å². The second-order valence-electron chi connectivity index (χ2n) is 6.93. The number of rotatable bonds is 4. The van der Waals surface area contributed by atoms with Gasteiger partial charge in [0, 0.05) is 12.6 Å². The van der Waals surface area contributed by atoms with E-state index in [1.165, 1.54) is 17.4 Å². The van der Waals surface area contributed by atoms with E-state index in [0.29, 0.717) is 17.5 Å². The smallest absolute Gasteiger partial charge is 0.338 e. The van der Waals surface area contributed by atoms with Crippen molar-refractivity contribution in [1.29, 1.82) is 0 Å². The number of nitrogens with zero attached hydrogens (tertiary/aromatic N) is 1. The van der Waals surface area contributed by atoms with E-state index in [9.17, 15) is 18.3 Å². The predicted octanol–water partition coefficient (Wildman–Crippen LogP) is 2.53. The van der Waals surface area contributed by atoms with Crippen molar-refractivity contribution in [3.8, 4) is 0 Å². The highest BCUT2D eigenvalue weighted by Crippen LogP contribution is 2.36. The summed E-state index contributed by atoms with van der Waals surface area (Å²) in [7, 11) is -2.18. The zero-order valence-electron chi connectivity index (χ0n) is 15.5. The average molecular weight is 389 g/mol. The molecule has 2 aromatic carbocycles. The molecular weight excluding hydrogens is 366 g/mol. The Morgan fingerprint density at radius 1 is 1.15 bits per heavy atom. The van der Waals surface area contributed by atoms with E-state index < -0.39 is 28.1 Å². The molecule has 0 unspecified atom stereocenters. The van der Waals surface area contributed by atoms with Crippen LogP contribution < -0.4 is 0 Å². The molecule has 2 atom stereocenters. The van der Waals surface area contributed by atoms with E-state index in [1.54, 1.807) is 56.3 Å². The molecule has 1 aliphatic heterocycles. The Morgan fingerprint density at radius 2 is 1.78 bits per heavy atom. The molecule has 0 aromatic heterocycles. The first-order valence-electron chi connectivity index (χ1n) is 8.76. The van der Waals surface area contributed by atoms with Gasteiger partial charge in [0.15, 0.2) is 0 Å². The minimum Gasteiger partial charge on any atom is -0.459 e. The van der Waals surface area contributed by atoms with Crippen molar-refractivity contribution >= 4 is 16.0 Å². The van der Waals surface area contributed by atoms with Crippen molar-refractivity contribution in [3.63, 3.8) is 0 Å². The van der Waals surface area contributed by atoms with E-state index in [4.69, 9.17) is 4.74 Å². The van der Waals surface area contributed by atoms with Gasteiger partial charge in [-0.25, -0.2) is 13.2 Å². The van der Waals surface area contributed by atoms with Crippen LogP contribution in [0.15, 0.2) is 53.4 Å². The average Bonchev–Trinajstić information content (AvgIpc) is 2.64. The molecule has 1 N–H and O–H groups in total. The number of hydrogen-bond acceptors (Lipinski definition) is 5. The highest BCUT2D eigenvalue weighted by atomic mass is 32.2. The summed E-state index contributed by atoms with van der Waals surface area (Å²) in [5, 5.41) is 10.7. The van der Waals surface area contributed by atoms with Gasteiger partial charge in [0.25, 0.3) is 0 Å². The van der Waals surface area contributed by atoms with Crippen LogP contribution in [-0.4, -0.2) is 43.0 Å². The Labute approximate surface area is 159 Å². The van der Waals surface area contributed by atoms with Gasteiger partial charge in [0.05, 0.1) is 28.7 Å². The number of hydrogen-bond donors (Lipinski definition) is 1. The fourth-order valence-corrected chi connectivity index (χ4v) is 4.83. The van der Waals surface area contributed by atoms with Gasteiger partial charge in [0.1, 0.15) is 0 Å². The lowest BCUT2D eigenvalue weighted by atomic mass is 9.95. The monoisotopic (exact) mass is 389 g/mol. The highest BCUT2D eigenvalue weighted by Gasteiger charge is 2.41. The Kier molecular flexibility index (Phi) is 5.37. The fourth-order valence-electron chi connectivity index (χ4n) is 3.24. The van der Waals surface area contributed by atoms with Crippen LogP contribution in [0.3, 0.4) is 0 Å². The van der Waals surface area contributed by atoms with Crippen LogP contribution in [-0.2, 0) is 21.2 Å². The Balaban J connectivity index is 1.84. The third-order valence-corrected chi connectivity index (χ3v) is 6.66. The van der Waals surface area contributed by atoms with Gasteiger partial charge < -0.3 is 9.84 Å². The van der Waals surface area contributed by atoms with E-state index >= 15 is 0 Å². The molecule has 144 valence electrons. The molecule has 6 nitrogen and oxygen atoms in total. The number of aliphatic hydroxyl groups is 1. The van der Waals surface area contributed by atoms with Crippen LogP contribution in [0.2, 0.25) is 0 Å². The largest absolute Gasteiger partial charge is 0.459 e. The van der Waals surface area contributed by atoms with Crippen LogP contribution in [0.1, 0.15) is 41.4 Å². The summed E-state index contributed by atoms with van der Waals surface area (Å²) < 4.78 is 31.9. The van der Waals surface area contributed by atoms with Gasteiger partial charge >= 0.3 is 5.97 Å². The van der Waals surface area contributed by atoms with Gasteiger partial charge in [-0.15, -0.1) is 0 Å². The number of sulfonamides is 1. The Hall–Kier alpha value is -2.22. The molecule has 0 saturated carbocycles. The number of fused-ring (bicyclic) bond motifs is 1. The van der Waals surface area contributed by atoms with Gasteiger partial charge in [-0.2, -0.15) is 4.31 Å². The molecule has 27 heavy (non-hydrogen) atoms. The van der Waals surface area contributed by atoms with Gasteiger partial charge in [-0.3, -0.25) is 0 Å². The van der Waals surface area contributed by atoms with Crippen molar-refractivity contribution in [3.05, 3.63) is 65.2 Å². The number of benzene rings is 2. The SMILES string of the molecule is CC(C)OC(=O)c1ccc(C[C@@H]2[C@H](O)c3ccccc3S(=O)(=O)N2C)cc1. The predicted molar refractivity (Wildman–Crippen MR) is 101 cm³/mol. The molecule has 3 rings (SSSR count). The summed E-state index contributed by atoms with van der Waals surface area (Å²) >= 11 is 0. The molecule has 7 heteroatoms. The second-order valence-corrected chi connectivity index (χ2v) is 8.89. The number of aliphatic hydroxyl groups excluding tert-OH is 1. The van der Waals surface area contributed by atoms with Crippen LogP contribution in [0.25, 0.3) is 0 Å². The third-order valence-electron chi connectivity index (χ3n) is 4.70. The zero-order valence-corrected chi connectivity index (χ0v) is 16.3. The lowest BCUT2D eigenvalue weighted by molar-refractivity contribution is 0.0378. The lowest BCUT2D eigenvalue weighted by Gasteiger charge is -2.37. The van der Waals surface area contributed by atoms with Gasteiger partial charge in [-0.05, 0) is 44.0 Å². The van der Waals surface area contributed by atoms with E-state index in [1.807, 2.05) is 0 Å². The molecule has 2 aromatic rings. The number of carbonyl (C=O) groups excluding carboxylic acids is 1. The quantitative estimate of drug-likeness (QED) is 0.813. The fraction of sp³-hybridized carbons (Fsp3) is 0.350. The number of ether oxygens (including phenoxy) is 1. The topological polar surface area (TPSA) is 83.9 Å². The maximum atomic E-state index is 12.7. The maximum absolute atomic E-state index is 12.7. The second kappa shape index (κ2) is 7.42. The molecule has 0 spiro atoms.